The van der Waals surface area contributed by atoms with E-state index in [4.69, 9.17) is 4.74 Å². The van der Waals surface area contributed by atoms with Crippen LogP contribution >= 0.6 is 0 Å². The van der Waals surface area contributed by atoms with Crippen LogP contribution in [-0.4, -0.2) is 42.5 Å². The van der Waals surface area contributed by atoms with Crippen LogP contribution < -0.4 is 10.1 Å². The van der Waals surface area contributed by atoms with Gasteiger partial charge in [0.2, 0.25) is 5.91 Å². The lowest BCUT2D eigenvalue weighted by Crippen LogP contribution is -2.50. The van der Waals surface area contributed by atoms with Crippen LogP contribution in [0.4, 0.5) is 0 Å². The summed E-state index contributed by atoms with van der Waals surface area (Å²) in [4.78, 5) is 27.2. The van der Waals surface area contributed by atoms with Crippen molar-refractivity contribution in [1.82, 2.24) is 10.2 Å². The number of hydrogen-bond donors (Lipinski definition) is 1. The lowest BCUT2D eigenvalue weighted by Gasteiger charge is -2.28. The van der Waals surface area contributed by atoms with Gasteiger partial charge in [0.15, 0.2) is 6.61 Å². The molecule has 31 heavy (non-hydrogen) atoms. The molecule has 0 fully saturated rings. The highest BCUT2D eigenvalue weighted by Gasteiger charge is 2.25. The van der Waals surface area contributed by atoms with E-state index in [1.807, 2.05) is 54.6 Å². The van der Waals surface area contributed by atoms with E-state index in [0.717, 1.165) is 18.4 Å². The second-order valence-electron chi connectivity index (χ2n) is 8.16. The van der Waals surface area contributed by atoms with E-state index in [-0.39, 0.29) is 18.4 Å². The summed E-state index contributed by atoms with van der Waals surface area (Å²) in [7, 11) is 0. The monoisotopic (exact) mass is 424 g/mol. The van der Waals surface area contributed by atoms with Gasteiger partial charge in [0.25, 0.3) is 5.91 Å². The fourth-order valence-electron chi connectivity index (χ4n) is 3.28. The normalized spacial score (nSPS) is 11.8. The van der Waals surface area contributed by atoms with Crippen molar-refractivity contribution in [2.75, 3.05) is 19.7 Å². The van der Waals surface area contributed by atoms with E-state index < -0.39 is 6.04 Å². The molecule has 2 aromatic carbocycles. The summed E-state index contributed by atoms with van der Waals surface area (Å²) in [5.74, 6) is 0.773. The Balaban J connectivity index is 2.02. The molecule has 0 spiro atoms. The minimum Gasteiger partial charge on any atom is -0.484 e. The molecule has 0 radical (unpaired) electrons. The fourth-order valence-corrected chi connectivity index (χ4v) is 3.28. The summed E-state index contributed by atoms with van der Waals surface area (Å²) in [6.07, 6.45) is 2.61. The SMILES string of the molecule is CCCCNC(=O)C(C)N(CCc1ccccc1)C(=O)COc1ccc(C(C)C)cc1. The Morgan fingerprint density at radius 2 is 1.68 bits per heavy atom. The predicted molar refractivity (Wildman–Crippen MR) is 125 cm³/mol. The zero-order chi connectivity index (χ0) is 22.6. The standard InChI is InChI=1S/C26H36N2O3/c1-5-6-17-27-26(30)21(4)28(18-16-22-10-8-7-9-11-22)25(29)19-31-24-14-12-23(13-15-24)20(2)3/h7-15,20-21H,5-6,16-19H2,1-4H3,(H,27,30). The van der Waals surface area contributed by atoms with Crippen molar-refractivity contribution in [3.8, 4) is 5.75 Å². The first-order valence-corrected chi connectivity index (χ1v) is 11.3. The van der Waals surface area contributed by atoms with Gasteiger partial charge in [-0.2, -0.15) is 0 Å². The van der Waals surface area contributed by atoms with Gasteiger partial charge in [0.05, 0.1) is 0 Å². The minimum atomic E-state index is -0.556. The summed E-state index contributed by atoms with van der Waals surface area (Å²) < 4.78 is 5.74. The molecule has 1 atom stereocenters. The van der Waals surface area contributed by atoms with Crippen molar-refractivity contribution in [2.24, 2.45) is 0 Å². The van der Waals surface area contributed by atoms with Gasteiger partial charge < -0.3 is 15.0 Å². The first-order valence-electron chi connectivity index (χ1n) is 11.3. The third kappa shape index (κ3) is 8.08. The van der Waals surface area contributed by atoms with Crippen LogP contribution in [0.15, 0.2) is 54.6 Å². The molecule has 0 saturated heterocycles. The summed E-state index contributed by atoms with van der Waals surface area (Å²) >= 11 is 0. The summed E-state index contributed by atoms with van der Waals surface area (Å²) in [5, 5.41) is 2.93. The zero-order valence-electron chi connectivity index (χ0n) is 19.3. The molecule has 168 valence electrons. The lowest BCUT2D eigenvalue weighted by atomic mass is 10.0. The van der Waals surface area contributed by atoms with Crippen LogP contribution in [0.5, 0.6) is 5.75 Å². The molecule has 5 heteroatoms. The van der Waals surface area contributed by atoms with Gasteiger partial charge >= 0.3 is 0 Å². The average molecular weight is 425 g/mol. The van der Waals surface area contributed by atoms with Gasteiger partial charge in [-0.3, -0.25) is 9.59 Å². The second-order valence-corrected chi connectivity index (χ2v) is 8.16. The molecule has 0 aliphatic heterocycles. The molecule has 0 heterocycles. The number of nitrogens with one attached hydrogen (secondary N) is 1. The van der Waals surface area contributed by atoms with Crippen LogP contribution in [-0.2, 0) is 16.0 Å². The van der Waals surface area contributed by atoms with Gasteiger partial charge in [0.1, 0.15) is 11.8 Å². The van der Waals surface area contributed by atoms with Crippen molar-refractivity contribution in [3.63, 3.8) is 0 Å². The Morgan fingerprint density at radius 3 is 2.29 bits per heavy atom. The van der Waals surface area contributed by atoms with Gasteiger partial charge in [-0.05, 0) is 48.9 Å². The Kier molecular flexibility index (Phi) is 10.1. The smallest absolute Gasteiger partial charge is 0.261 e. The van der Waals surface area contributed by atoms with Crippen molar-refractivity contribution in [1.29, 1.82) is 0 Å². The first kappa shape index (κ1) is 24.4. The molecule has 0 saturated carbocycles. The molecular weight excluding hydrogens is 388 g/mol. The summed E-state index contributed by atoms with van der Waals surface area (Å²) in [6.45, 7) is 9.12. The van der Waals surface area contributed by atoms with Crippen LogP contribution in [0, 0.1) is 0 Å². The maximum absolute atomic E-state index is 13.0. The number of carbonyl (C=O) groups excluding carboxylic acids is 2. The van der Waals surface area contributed by atoms with E-state index in [9.17, 15) is 9.59 Å². The quantitative estimate of drug-likeness (QED) is 0.508. The second kappa shape index (κ2) is 12.8. The summed E-state index contributed by atoms with van der Waals surface area (Å²) in [5.41, 5.74) is 2.35. The van der Waals surface area contributed by atoms with E-state index in [2.05, 4.69) is 26.1 Å². The Morgan fingerprint density at radius 1 is 1.00 bits per heavy atom. The number of hydrogen-bond acceptors (Lipinski definition) is 3. The molecular formula is C26H36N2O3. The number of ether oxygens (including phenoxy) is 1. The van der Waals surface area contributed by atoms with Crippen LogP contribution in [0.1, 0.15) is 57.6 Å². The number of rotatable bonds is 12. The van der Waals surface area contributed by atoms with Crippen LogP contribution in [0.3, 0.4) is 0 Å². The van der Waals surface area contributed by atoms with Crippen LogP contribution in [0.2, 0.25) is 0 Å². The zero-order valence-corrected chi connectivity index (χ0v) is 19.3. The Bertz CT molecular complexity index is 803. The van der Waals surface area contributed by atoms with Gasteiger partial charge in [0, 0.05) is 13.1 Å². The van der Waals surface area contributed by atoms with Gasteiger partial charge in [-0.25, -0.2) is 0 Å². The maximum Gasteiger partial charge on any atom is 0.261 e. The van der Waals surface area contributed by atoms with E-state index in [0.29, 0.717) is 31.2 Å². The number of carbonyl (C=O) groups is 2. The third-order valence-corrected chi connectivity index (χ3v) is 5.39. The van der Waals surface area contributed by atoms with E-state index >= 15 is 0 Å². The highest BCUT2D eigenvalue weighted by Crippen LogP contribution is 2.18. The first-order chi connectivity index (χ1) is 14.9. The van der Waals surface area contributed by atoms with Crippen molar-refractivity contribution in [3.05, 3.63) is 65.7 Å². The molecule has 2 amide bonds. The number of unbranched alkanes of at least 4 members (excludes halogenated alkanes) is 1. The van der Waals surface area contributed by atoms with Gasteiger partial charge in [-0.15, -0.1) is 0 Å². The molecule has 5 nitrogen and oxygen atoms in total. The van der Waals surface area contributed by atoms with Crippen molar-refractivity contribution in [2.45, 2.75) is 58.9 Å². The average Bonchev–Trinajstić information content (AvgIpc) is 2.78. The highest BCUT2D eigenvalue weighted by atomic mass is 16.5. The maximum atomic E-state index is 13.0. The molecule has 0 aromatic heterocycles. The Labute approximate surface area is 186 Å². The molecule has 1 unspecified atom stereocenters. The molecule has 0 aliphatic carbocycles. The molecule has 0 aliphatic rings. The highest BCUT2D eigenvalue weighted by molar-refractivity contribution is 5.87. The van der Waals surface area contributed by atoms with Crippen molar-refractivity contribution >= 4 is 11.8 Å². The lowest BCUT2D eigenvalue weighted by molar-refractivity contribution is -0.141. The Hall–Kier alpha value is -2.82. The molecule has 2 rings (SSSR count). The van der Waals surface area contributed by atoms with E-state index in [1.54, 1.807) is 11.8 Å². The predicted octanol–water partition coefficient (Wildman–Crippen LogP) is 4.56. The largest absolute Gasteiger partial charge is 0.484 e. The third-order valence-electron chi connectivity index (χ3n) is 5.39. The minimum absolute atomic E-state index is 0.0948. The van der Waals surface area contributed by atoms with Crippen LogP contribution in [0.25, 0.3) is 0 Å². The molecule has 1 N–H and O–H groups in total. The number of benzene rings is 2. The van der Waals surface area contributed by atoms with Gasteiger partial charge in [-0.1, -0.05) is 69.7 Å². The number of nitrogens with zero attached hydrogens (tertiary/aromatic N) is 1. The van der Waals surface area contributed by atoms with E-state index in [1.165, 1.54) is 5.56 Å². The fraction of sp³-hybridized carbons (Fsp3) is 0.462. The molecule has 2 aromatic rings. The topological polar surface area (TPSA) is 58.6 Å². The summed E-state index contributed by atoms with van der Waals surface area (Å²) in [6, 6.07) is 17.2. The molecule has 0 bridgehead atoms. The van der Waals surface area contributed by atoms with Crippen molar-refractivity contribution < 1.29 is 14.3 Å². The number of amides is 2.